The summed E-state index contributed by atoms with van der Waals surface area (Å²) in [5, 5.41) is 18.1. The van der Waals surface area contributed by atoms with Gasteiger partial charge in [-0.15, -0.1) is 0 Å². The van der Waals surface area contributed by atoms with E-state index in [0.29, 0.717) is 0 Å². The van der Waals surface area contributed by atoms with Crippen molar-refractivity contribution in [1.29, 1.82) is 0 Å². The van der Waals surface area contributed by atoms with Crippen LogP contribution >= 0.6 is 0 Å². The van der Waals surface area contributed by atoms with Crippen molar-refractivity contribution < 1.29 is 29.3 Å². The van der Waals surface area contributed by atoms with Crippen LogP contribution in [0.1, 0.15) is 0 Å². The second-order valence-corrected chi connectivity index (χ2v) is 2.69. The SMILES string of the molecule is O=C1OC2C(OC(=O)[C@H]2O)[C@@H]1O. The molecular formula is C6H6O6. The Kier molecular flexibility index (Phi) is 1.36. The number of fused-ring (bicyclic) bond motifs is 1. The lowest BCUT2D eigenvalue weighted by atomic mass is 10.1. The van der Waals surface area contributed by atoms with E-state index in [2.05, 4.69) is 9.47 Å². The predicted octanol–water partition coefficient (Wildman–Crippen LogP) is -2.44. The van der Waals surface area contributed by atoms with Gasteiger partial charge in [-0.1, -0.05) is 0 Å². The minimum atomic E-state index is -1.46. The molecule has 0 amide bonds. The summed E-state index contributed by atoms with van der Waals surface area (Å²) in [6.45, 7) is 0. The molecule has 0 bridgehead atoms. The molecule has 2 unspecified atom stereocenters. The van der Waals surface area contributed by atoms with Crippen LogP contribution in [0.5, 0.6) is 0 Å². The van der Waals surface area contributed by atoms with E-state index >= 15 is 0 Å². The number of carbonyl (C=O) groups excluding carboxylic acids is 2. The number of ether oxygens (including phenoxy) is 2. The first-order chi connectivity index (χ1) is 5.61. The quantitative estimate of drug-likeness (QED) is 0.396. The lowest BCUT2D eigenvalue weighted by Gasteiger charge is -2.05. The van der Waals surface area contributed by atoms with E-state index in [1.807, 2.05) is 0 Å². The van der Waals surface area contributed by atoms with E-state index in [9.17, 15) is 9.59 Å². The van der Waals surface area contributed by atoms with Crippen LogP contribution < -0.4 is 0 Å². The van der Waals surface area contributed by atoms with E-state index in [1.54, 1.807) is 0 Å². The Labute approximate surface area is 66.7 Å². The number of esters is 2. The van der Waals surface area contributed by atoms with Gasteiger partial charge in [0.2, 0.25) is 0 Å². The molecule has 4 atom stereocenters. The van der Waals surface area contributed by atoms with Gasteiger partial charge in [-0.05, 0) is 0 Å². The van der Waals surface area contributed by atoms with Crippen LogP contribution in [0.15, 0.2) is 0 Å². The minimum Gasteiger partial charge on any atom is -0.453 e. The molecule has 2 aliphatic rings. The highest BCUT2D eigenvalue weighted by Gasteiger charge is 2.57. The molecule has 0 spiro atoms. The molecule has 6 heteroatoms. The summed E-state index contributed by atoms with van der Waals surface area (Å²) in [6.07, 6.45) is -5.01. The van der Waals surface area contributed by atoms with Gasteiger partial charge in [0.15, 0.2) is 24.4 Å². The highest BCUT2D eigenvalue weighted by atomic mass is 16.7. The molecular weight excluding hydrogens is 168 g/mol. The first-order valence-corrected chi connectivity index (χ1v) is 3.38. The molecule has 0 aromatic carbocycles. The van der Waals surface area contributed by atoms with Crippen LogP contribution in [-0.2, 0) is 19.1 Å². The van der Waals surface area contributed by atoms with E-state index in [0.717, 1.165) is 0 Å². The summed E-state index contributed by atoms with van der Waals surface area (Å²) in [6, 6.07) is 0. The number of hydrogen-bond acceptors (Lipinski definition) is 6. The van der Waals surface area contributed by atoms with E-state index in [4.69, 9.17) is 10.2 Å². The van der Waals surface area contributed by atoms with Crippen LogP contribution in [0.3, 0.4) is 0 Å². The van der Waals surface area contributed by atoms with Gasteiger partial charge in [-0.3, -0.25) is 0 Å². The lowest BCUT2D eigenvalue weighted by Crippen LogP contribution is -2.31. The Bertz CT molecular complexity index is 222. The summed E-state index contributed by atoms with van der Waals surface area (Å²) >= 11 is 0. The fourth-order valence-electron chi connectivity index (χ4n) is 1.30. The van der Waals surface area contributed by atoms with Gasteiger partial charge in [0.1, 0.15) is 0 Å². The number of carbonyl (C=O) groups is 2. The van der Waals surface area contributed by atoms with Gasteiger partial charge in [0.25, 0.3) is 0 Å². The van der Waals surface area contributed by atoms with Crippen molar-refractivity contribution in [2.24, 2.45) is 0 Å². The highest BCUT2D eigenvalue weighted by molar-refractivity contribution is 5.85. The minimum absolute atomic E-state index is 0.864. The zero-order valence-electron chi connectivity index (χ0n) is 5.84. The standard InChI is InChI=1S/C6H6O6/c7-1-3-4(12-5(1)9)2(8)6(10)11-3/h1-4,7-8H/t1-,2-,3?,4?/m0/s1. The molecule has 0 saturated carbocycles. The monoisotopic (exact) mass is 174 g/mol. The topological polar surface area (TPSA) is 93.1 Å². The second kappa shape index (κ2) is 2.18. The molecule has 66 valence electrons. The summed E-state index contributed by atoms with van der Waals surface area (Å²) in [5.41, 5.74) is 0. The molecule has 0 radical (unpaired) electrons. The molecule has 12 heavy (non-hydrogen) atoms. The first kappa shape index (κ1) is 7.51. The Morgan fingerprint density at radius 2 is 1.25 bits per heavy atom. The second-order valence-electron chi connectivity index (χ2n) is 2.69. The van der Waals surface area contributed by atoms with Gasteiger partial charge >= 0.3 is 11.9 Å². The zero-order chi connectivity index (χ0) is 8.88. The molecule has 0 aromatic heterocycles. The van der Waals surface area contributed by atoms with Crippen molar-refractivity contribution in [3.63, 3.8) is 0 Å². The number of rotatable bonds is 0. The normalized spacial score (nSPS) is 45.5. The van der Waals surface area contributed by atoms with Gasteiger partial charge in [-0.25, -0.2) is 9.59 Å². The molecule has 2 aliphatic heterocycles. The summed E-state index contributed by atoms with van der Waals surface area (Å²) in [5.74, 6) is -1.73. The molecule has 2 rings (SSSR count). The predicted molar refractivity (Wildman–Crippen MR) is 31.8 cm³/mol. The Morgan fingerprint density at radius 1 is 0.917 bits per heavy atom. The molecule has 2 heterocycles. The third-order valence-corrected chi connectivity index (χ3v) is 1.93. The largest absolute Gasteiger partial charge is 0.453 e. The van der Waals surface area contributed by atoms with Gasteiger partial charge in [0, 0.05) is 0 Å². The Hall–Kier alpha value is -1.14. The maximum absolute atomic E-state index is 10.7. The third kappa shape index (κ3) is 0.759. The van der Waals surface area contributed by atoms with Crippen LogP contribution in [0.25, 0.3) is 0 Å². The number of aliphatic hydroxyl groups is 2. The van der Waals surface area contributed by atoms with E-state index in [-0.39, 0.29) is 0 Å². The molecule has 2 N–H and O–H groups in total. The van der Waals surface area contributed by atoms with Crippen LogP contribution in [0.4, 0.5) is 0 Å². The smallest absolute Gasteiger partial charge is 0.339 e. The summed E-state index contributed by atoms with van der Waals surface area (Å²) in [4.78, 5) is 21.3. The zero-order valence-corrected chi connectivity index (χ0v) is 5.84. The maximum atomic E-state index is 10.7. The van der Waals surface area contributed by atoms with Crippen LogP contribution in [-0.4, -0.2) is 46.6 Å². The molecule has 6 nitrogen and oxygen atoms in total. The van der Waals surface area contributed by atoms with Crippen molar-refractivity contribution in [1.82, 2.24) is 0 Å². The molecule has 2 saturated heterocycles. The van der Waals surface area contributed by atoms with Crippen LogP contribution in [0, 0.1) is 0 Å². The average Bonchev–Trinajstić information content (AvgIpc) is 2.43. The summed E-state index contributed by atoms with van der Waals surface area (Å²) < 4.78 is 8.99. The van der Waals surface area contributed by atoms with Crippen molar-refractivity contribution in [3.8, 4) is 0 Å². The van der Waals surface area contributed by atoms with Crippen molar-refractivity contribution in [2.75, 3.05) is 0 Å². The van der Waals surface area contributed by atoms with Crippen molar-refractivity contribution >= 4 is 11.9 Å². The Morgan fingerprint density at radius 3 is 1.58 bits per heavy atom. The summed E-state index contributed by atoms with van der Waals surface area (Å²) in [7, 11) is 0. The maximum Gasteiger partial charge on any atom is 0.339 e. The Balaban J connectivity index is 2.24. The van der Waals surface area contributed by atoms with Gasteiger partial charge < -0.3 is 19.7 Å². The van der Waals surface area contributed by atoms with E-state index in [1.165, 1.54) is 0 Å². The van der Waals surface area contributed by atoms with Crippen molar-refractivity contribution in [3.05, 3.63) is 0 Å². The van der Waals surface area contributed by atoms with Crippen molar-refractivity contribution in [2.45, 2.75) is 24.4 Å². The first-order valence-electron chi connectivity index (χ1n) is 3.38. The average molecular weight is 174 g/mol. The highest BCUT2D eigenvalue weighted by Crippen LogP contribution is 2.28. The third-order valence-electron chi connectivity index (χ3n) is 1.93. The fraction of sp³-hybridized carbons (Fsp3) is 0.667. The van der Waals surface area contributed by atoms with Gasteiger partial charge in [-0.2, -0.15) is 0 Å². The molecule has 0 aliphatic carbocycles. The molecule has 0 aromatic rings. The number of aliphatic hydroxyl groups excluding tert-OH is 2. The van der Waals surface area contributed by atoms with Crippen LogP contribution in [0.2, 0.25) is 0 Å². The van der Waals surface area contributed by atoms with Gasteiger partial charge in [0.05, 0.1) is 0 Å². The lowest BCUT2D eigenvalue weighted by molar-refractivity contribution is -0.159. The molecule has 2 fully saturated rings. The van der Waals surface area contributed by atoms with E-state index < -0.39 is 36.4 Å². The number of hydrogen-bond donors (Lipinski definition) is 2. The fourth-order valence-corrected chi connectivity index (χ4v) is 1.30.